The van der Waals surface area contributed by atoms with Crippen LogP contribution in [-0.2, 0) is 14.3 Å². The lowest BCUT2D eigenvalue weighted by molar-refractivity contribution is 0.00680. The van der Waals surface area contributed by atoms with Crippen molar-refractivity contribution in [3.8, 4) is 6.07 Å². The molecule has 1 aliphatic heterocycles. The van der Waals surface area contributed by atoms with Crippen LogP contribution in [0.4, 0.5) is 0 Å². The van der Waals surface area contributed by atoms with Crippen LogP contribution in [0.5, 0.6) is 0 Å². The van der Waals surface area contributed by atoms with E-state index in [-0.39, 0.29) is 25.2 Å². The first-order valence-electron chi connectivity index (χ1n) is 5.35. The van der Waals surface area contributed by atoms with Crippen molar-refractivity contribution in [2.75, 3.05) is 20.0 Å². The molecule has 1 heterocycles. The molecule has 0 bridgehead atoms. The number of benzene rings is 1. The monoisotopic (exact) mass is 266 g/mol. The molecule has 0 N–H and O–H groups in total. The third-order valence-corrected chi connectivity index (χ3v) is 2.58. The molecule has 1 aromatic carbocycles. The summed E-state index contributed by atoms with van der Waals surface area (Å²) in [5.41, 5.74) is 0.857. The molecule has 0 aromatic heterocycles. The zero-order chi connectivity index (χ0) is 12.8. The highest BCUT2D eigenvalue weighted by Crippen LogP contribution is 2.10. The van der Waals surface area contributed by atoms with Crippen molar-refractivity contribution in [1.29, 1.82) is 5.26 Å². The van der Waals surface area contributed by atoms with Gasteiger partial charge in [0.25, 0.3) is 0 Å². The largest absolute Gasteiger partial charge is 0.392 e. The van der Waals surface area contributed by atoms with Crippen LogP contribution >= 0.6 is 11.6 Å². The average Bonchev–Trinajstić information content (AvgIpc) is 2.89. The molecule has 94 valence electrons. The summed E-state index contributed by atoms with van der Waals surface area (Å²) in [6.45, 7) is 1.02. The molecule has 1 saturated heterocycles. The number of halogens is 1. The molecule has 1 aliphatic rings. The fourth-order valence-corrected chi connectivity index (χ4v) is 1.52. The van der Waals surface area contributed by atoms with E-state index in [1.165, 1.54) is 0 Å². The van der Waals surface area contributed by atoms with Crippen molar-refractivity contribution in [1.82, 2.24) is 0 Å². The summed E-state index contributed by atoms with van der Waals surface area (Å²) < 4.78 is 10.2. The number of oxime groups is 1. The molecular formula is C12H11ClN2O3. The van der Waals surface area contributed by atoms with Gasteiger partial charge >= 0.3 is 0 Å². The standard InChI is InChI=1S/C12H11ClN2O3/c13-10-3-1-9(2-4-10)12(5-14)15-18-7-11-6-16-8-17-11/h1-4,11H,6-8H2/b15-12+. The van der Waals surface area contributed by atoms with Gasteiger partial charge in [-0.25, -0.2) is 0 Å². The molecule has 5 nitrogen and oxygen atoms in total. The summed E-state index contributed by atoms with van der Waals surface area (Å²) in [6.07, 6.45) is -0.126. The molecule has 2 rings (SSSR count). The van der Waals surface area contributed by atoms with E-state index in [2.05, 4.69) is 5.16 Å². The van der Waals surface area contributed by atoms with Gasteiger partial charge in [-0.1, -0.05) is 28.9 Å². The molecule has 0 aliphatic carbocycles. The molecule has 0 spiro atoms. The van der Waals surface area contributed by atoms with E-state index in [4.69, 9.17) is 31.2 Å². The van der Waals surface area contributed by atoms with Crippen LogP contribution in [0, 0.1) is 11.3 Å². The third kappa shape index (κ3) is 3.44. The van der Waals surface area contributed by atoms with E-state index in [1.807, 2.05) is 6.07 Å². The average molecular weight is 267 g/mol. The molecule has 1 fully saturated rings. The molecule has 18 heavy (non-hydrogen) atoms. The SMILES string of the molecule is N#C/C(=N\OCC1COCO1)c1ccc(Cl)cc1. The highest BCUT2D eigenvalue weighted by Gasteiger charge is 2.16. The Labute approximate surface area is 110 Å². The summed E-state index contributed by atoms with van der Waals surface area (Å²) in [6, 6.07) is 8.78. The van der Waals surface area contributed by atoms with E-state index < -0.39 is 0 Å². The maximum atomic E-state index is 8.99. The molecule has 0 amide bonds. The molecule has 1 atom stereocenters. The van der Waals surface area contributed by atoms with Crippen LogP contribution in [-0.4, -0.2) is 31.8 Å². The summed E-state index contributed by atoms with van der Waals surface area (Å²) in [7, 11) is 0. The number of hydrogen-bond donors (Lipinski definition) is 0. The normalized spacial score (nSPS) is 19.6. The van der Waals surface area contributed by atoms with Crippen molar-refractivity contribution < 1.29 is 14.3 Å². The lowest BCUT2D eigenvalue weighted by Crippen LogP contribution is -2.16. The van der Waals surface area contributed by atoms with E-state index in [9.17, 15) is 0 Å². The first-order valence-corrected chi connectivity index (χ1v) is 5.73. The van der Waals surface area contributed by atoms with E-state index in [1.54, 1.807) is 24.3 Å². The minimum absolute atomic E-state index is 0.126. The Kier molecular flexibility index (Phi) is 4.53. The Balaban J connectivity index is 1.95. The Morgan fingerprint density at radius 1 is 1.50 bits per heavy atom. The topological polar surface area (TPSA) is 63.8 Å². The van der Waals surface area contributed by atoms with Crippen LogP contribution in [0.1, 0.15) is 5.56 Å². The highest BCUT2D eigenvalue weighted by molar-refractivity contribution is 6.30. The fraction of sp³-hybridized carbons (Fsp3) is 0.333. The number of ether oxygens (including phenoxy) is 2. The zero-order valence-electron chi connectivity index (χ0n) is 9.51. The van der Waals surface area contributed by atoms with Crippen molar-refractivity contribution in [2.45, 2.75) is 6.10 Å². The Morgan fingerprint density at radius 2 is 2.28 bits per heavy atom. The lowest BCUT2D eigenvalue weighted by atomic mass is 10.1. The van der Waals surface area contributed by atoms with Crippen molar-refractivity contribution in [3.63, 3.8) is 0 Å². The van der Waals surface area contributed by atoms with Gasteiger partial charge < -0.3 is 14.3 Å². The molecule has 1 aromatic rings. The predicted molar refractivity (Wildman–Crippen MR) is 65.2 cm³/mol. The number of rotatable bonds is 4. The van der Waals surface area contributed by atoms with Crippen LogP contribution < -0.4 is 0 Å². The lowest BCUT2D eigenvalue weighted by Gasteiger charge is -2.05. The molecule has 1 unspecified atom stereocenters. The van der Waals surface area contributed by atoms with E-state index in [0.29, 0.717) is 17.2 Å². The number of nitriles is 1. The molecular weight excluding hydrogens is 256 g/mol. The van der Waals surface area contributed by atoms with Gasteiger partial charge in [-0.2, -0.15) is 5.26 Å². The van der Waals surface area contributed by atoms with E-state index in [0.717, 1.165) is 0 Å². The van der Waals surface area contributed by atoms with Gasteiger partial charge in [0.2, 0.25) is 0 Å². The number of hydrogen-bond acceptors (Lipinski definition) is 5. The minimum Gasteiger partial charge on any atom is -0.392 e. The van der Waals surface area contributed by atoms with Crippen molar-refractivity contribution in [2.24, 2.45) is 5.16 Å². The van der Waals surface area contributed by atoms with Gasteiger partial charge in [0, 0.05) is 10.6 Å². The van der Waals surface area contributed by atoms with Gasteiger partial charge in [-0.05, 0) is 12.1 Å². The molecule has 6 heteroatoms. The van der Waals surface area contributed by atoms with Crippen LogP contribution in [0.15, 0.2) is 29.4 Å². The molecule has 0 saturated carbocycles. The Morgan fingerprint density at radius 3 is 2.89 bits per heavy atom. The summed E-state index contributed by atoms with van der Waals surface area (Å²) in [5.74, 6) is 0. The predicted octanol–water partition coefficient (Wildman–Crippen LogP) is 1.96. The van der Waals surface area contributed by atoms with Gasteiger partial charge in [0.05, 0.1) is 6.61 Å². The quantitative estimate of drug-likeness (QED) is 0.617. The smallest absolute Gasteiger partial charge is 0.186 e. The van der Waals surface area contributed by atoms with Crippen LogP contribution in [0.3, 0.4) is 0 Å². The minimum atomic E-state index is -0.126. The summed E-state index contributed by atoms with van der Waals surface area (Å²) in [4.78, 5) is 5.08. The van der Waals surface area contributed by atoms with Crippen molar-refractivity contribution >= 4 is 17.3 Å². The first-order chi connectivity index (χ1) is 8.79. The van der Waals surface area contributed by atoms with Gasteiger partial charge in [-0.3, -0.25) is 0 Å². The van der Waals surface area contributed by atoms with Crippen LogP contribution in [0.25, 0.3) is 0 Å². The van der Waals surface area contributed by atoms with Crippen molar-refractivity contribution in [3.05, 3.63) is 34.9 Å². The van der Waals surface area contributed by atoms with Gasteiger partial charge in [-0.15, -0.1) is 0 Å². The van der Waals surface area contributed by atoms with E-state index >= 15 is 0 Å². The second-order valence-corrected chi connectivity index (χ2v) is 4.07. The fourth-order valence-electron chi connectivity index (χ4n) is 1.40. The Bertz CT molecular complexity index is 461. The Hall–Kier alpha value is -1.61. The maximum Gasteiger partial charge on any atom is 0.186 e. The zero-order valence-corrected chi connectivity index (χ0v) is 10.3. The second-order valence-electron chi connectivity index (χ2n) is 3.63. The first kappa shape index (κ1) is 12.8. The van der Waals surface area contributed by atoms with Gasteiger partial charge in [0.1, 0.15) is 25.6 Å². The third-order valence-electron chi connectivity index (χ3n) is 2.33. The summed E-state index contributed by atoms with van der Waals surface area (Å²) >= 11 is 5.77. The second kappa shape index (κ2) is 6.36. The summed E-state index contributed by atoms with van der Waals surface area (Å²) in [5, 5.41) is 13.4. The van der Waals surface area contributed by atoms with Crippen LogP contribution in [0.2, 0.25) is 5.02 Å². The van der Waals surface area contributed by atoms with Gasteiger partial charge in [0.15, 0.2) is 5.71 Å². The number of nitrogens with zero attached hydrogens (tertiary/aromatic N) is 2. The highest BCUT2D eigenvalue weighted by atomic mass is 35.5. The molecule has 0 radical (unpaired) electrons. The maximum absolute atomic E-state index is 8.99.